The van der Waals surface area contributed by atoms with Gasteiger partial charge in [-0.1, -0.05) is 0 Å². The Morgan fingerprint density at radius 1 is 1.44 bits per heavy atom. The Hall–Kier alpha value is -1.29. The van der Waals surface area contributed by atoms with E-state index in [-0.39, 0.29) is 0 Å². The van der Waals surface area contributed by atoms with E-state index in [1.165, 1.54) is 19.5 Å². The van der Waals surface area contributed by atoms with Crippen LogP contribution in [0.1, 0.15) is 6.42 Å². The molecule has 4 nitrogen and oxygen atoms in total. The molecule has 1 aromatic heterocycles. The van der Waals surface area contributed by atoms with Gasteiger partial charge in [-0.2, -0.15) is 0 Å². The van der Waals surface area contributed by atoms with Gasteiger partial charge in [-0.25, -0.2) is 0 Å². The SMILES string of the molecule is CNc1cncc(NCC2CCN(C)C2)c1. The molecule has 0 saturated carbocycles. The number of nitrogens with one attached hydrogen (secondary N) is 2. The first-order valence-electron chi connectivity index (χ1n) is 5.83. The minimum Gasteiger partial charge on any atom is -0.387 e. The molecule has 2 rings (SSSR count). The molecule has 0 bridgehead atoms. The third-order valence-corrected chi connectivity index (χ3v) is 3.11. The molecule has 1 aliphatic heterocycles. The number of pyridine rings is 1. The highest BCUT2D eigenvalue weighted by Gasteiger charge is 2.18. The van der Waals surface area contributed by atoms with Crippen molar-refractivity contribution in [1.82, 2.24) is 9.88 Å². The van der Waals surface area contributed by atoms with E-state index in [1.807, 2.05) is 19.4 Å². The van der Waals surface area contributed by atoms with E-state index in [4.69, 9.17) is 0 Å². The number of aromatic nitrogens is 1. The number of hydrogen-bond acceptors (Lipinski definition) is 4. The fourth-order valence-electron chi connectivity index (χ4n) is 2.13. The average molecular weight is 220 g/mol. The Kier molecular flexibility index (Phi) is 3.62. The molecule has 0 amide bonds. The topological polar surface area (TPSA) is 40.2 Å². The molecule has 0 radical (unpaired) electrons. The van der Waals surface area contributed by atoms with Gasteiger partial charge in [0.25, 0.3) is 0 Å². The average Bonchev–Trinajstić information content (AvgIpc) is 2.73. The van der Waals surface area contributed by atoms with Crippen molar-refractivity contribution in [2.75, 3.05) is 44.4 Å². The number of rotatable bonds is 4. The fourth-order valence-corrected chi connectivity index (χ4v) is 2.13. The maximum absolute atomic E-state index is 4.18. The van der Waals surface area contributed by atoms with Crippen LogP contribution in [-0.4, -0.2) is 43.6 Å². The van der Waals surface area contributed by atoms with Crippen molar-refractivity contribution in [3.63, 3.8) is 0 Å². The second-order valence-corrected chi connectivity index (χ2v) is 4.51. The quantitative estimate of drug-likeness (QED) is 0.806. The standard InChI is InChI=1S/C12H20N4/c1-13-11-5-12(8-14-7-11)15-6-10-3-4-16(2)9-10/h5,7-8,10,13,15H,3-4,6,9H2,1-2H3. The largest absolute Gasteiger partial charge is 0.387 e. The Morgan fingerprint density at radius 2 is 2.25 bits per heavy atom. The zero-order valence-electron chi connectivity index (χ0n) is 10.0. The van der Waals surface area contributed by atoms with Crippen molar-refractivity contribution in [2.45, 2.75) is 6.42 Å². The molecule has 1 fully saturated rings. The van der Waals surface area contributed by atoms with Crippen LogP contribution in [0.2, 0.25) is 0 Å². The number of hydrogen-bond donors (Lipinski definition) is 2. The van der Waals surface area contributed by atoms with Gasteiger partial charge in [0.2, 0.25) is 0 Å². The summed E-state index contributed by atoms with van der Waals surface area (Å²) in [6.07, 6.45) is 5.00. The Bertz CT molecular complexity index is 340. The molecule has 16 heavy (non-hydrogen) atoms. The van der Waals surface area contributed by atoms with E-state index in [2.05, 4.69) is 33.6 Å². The van der Waals surface area contributed by atoms with Crippen LogP contribution in [0.3, 0.4) is 0 Å². The van der Waals surface area contributed by atoms with Crippen LogP contribution in [-0.2, 0) is 0 Å². The summed E-state index contributed by atoms with van der Waals surface area (Å²) in [6, 6.07) is 2.09. The summed E-state index contributed by atoms with van der Waals surface area (Å²) >= 11 is 0. The van der Waals surface area contributed by atoms with Crippen molar-refractivity contribution in [3.05, 3.63) is 18.5 Å². The molecule has 1 saturated heterocycles. The lowest BCUT2D eigenvalue weighted by Gasteiger charge is -2.13. The first-order valence-corrected chi connectivity index (χ1v) is 5.83. The van der Waals surface area contributed by atoms with Gasteiger partial charge in [0.05, 0.1) is 23.8 Å². The van der Waals surface area contributed by atoms with Crippen molar-refractivity contribution in [1.29, 1.82) is 0 Å². The molecular weight excluding hydrogens is 200 g/mol. The van der Waals surface area contributed by atoms with E-state index in [9.17, 15) is 0 Å². The minimum absolute atomic E-state index is 0.767. The summed E-state index contributed by atoms with van der Waals surface area (Å²) in [7, 11) is 4.09. The van der Waals surface area contributed by atoms with Crippen molar-refractivity contribution in [2.24, 2.45) is 5.92 Å². The molecule has 1 unspecified atom stereocenters. The predicted octanol–water partition coefficient (Wildman–Crippen LogP) is 1.49. The van der Waals surface area contributed by atoms with Gasteiger partial charge >= 0.3 is 0 Å². The van der Waals surface area contributed by atoms with E-state index >= 15 is 0 Å². The smallest absolute Gasteiger partial charge is 0.0547 e. The molecule has 0 aliphatic carbocycles. The van der Waals surface area contributed by atoms with Gasteiger partial charge in [-0.05, 0) is 32.0 Å². The summed E-state index contributed by atoms with van der Waals surface area (Å²) in [4.78, 5) is 6.56. The number of nitrogens with zero attached hydrogens (tertiary/aromatic N) is 2. The summed E-state index contributed by atoms with van der Waals surface area (Å²) in [5, 5.41) is 6.54. The van der Waals surface area contributed by atoms with Crippen molar-refractivity contribution < 1.29 is 0 Å². The molecule has 1 aromatic rings. The lowest BCUT2D eigenvalue weighted by molar-refractivity contribution is 0.399. The monoisotopic (exact) mass is 220 g/mol. The second kappa shape index (κ2) is 5.16. The molecule has 0 aromatic carbocycles. The normalized spacial score (nSPS) is 21.0. The third-order valence-electron chi connectivity index (χ3n) is 3.11. The minimum atomic E-state index is 0.767. The molecule has 88 valence electrons. The van der Waals surface area contributed by atoms with Crippen LogP contribution in [0.25, 0.3) is 0 Å². The van der Waals surface area contributed by atoms with Gasteiger partial charge in [0.15, 0.2) is 0 Å². The summed E-state index contributed by atoms with van der Waals surface area (Å²) < 4.78 is 0. The molecule has 2 heterocycles. The van der Waals surface area contributed by atoms with Gasteiger partial charge in [0, 0.05) is 20.1 Å². The molecule has 1 atom stereocenters. The van der Waals surface area contributed by atoms with Gasteiger partial charge in [-0.3, -0.25) is 4.98 Å². The van der Waals surface area contributed by atoms with Crippen LogP contribution in [0, 0.1) is 5.92 Å². The highest BCUT2D eigenvalue weighted by atomic mass is 15.1. The third kappa shape index (κ3) is 2.85. The van der Waals surface area contributed by atoms with Crippen LogP contribution >= 0.6 is 0 Å². The first-order chi connectivity index (χ1) is 7.78. The zero-order valence-corrected chi connectivity index (χ0v) is 10.0. The van der Waals surface area contributed by atoms with Crippen molar-refractivity contribution >= 4 is 11.4 Å². The fraction of sp³-hybridized carbons (Fsp3) is 0.583. The maximum Gasteiger partial charge on any atom is 0.0547 e. The maximum atomic E-state index is 4.18. The van der Waals surface area contributed by atoms with E-state index in [0.717, 1.165) is 23.8 Å². The molecule has 2 N–H and O–H groups in total. The summed E-state index contributed by atoms with van der Waals surface area (Å²) in [5.74, 6) is 0.767. The van der Waals surface area contributed by atoms with Crippen LogP contribution in [0.4, 0.5) is 11.4 Å². The molecule has 4 heteroatoms. The summed E-state index contributed by atoms with van der Waals surface area (Å²) in [6.45, 7) is 3.46. The van der Waals surface area contributed by atoms with Crippen molar-refractivity contribution in [3.8, 4) is 0 Å². The second-order valence-electron chi connectivity index (χ2n) is 4.51. The highest BCUT2D eigenvalue weighted by molar-refractivity contribution is 5.53. The lowest BCUT2D eigenvalue weighted by Crippen LogP contribution is -2.19. The van der Waals surface area contributed by atoms with E-state index < -0.39 is 0 Å². The van der Waals surface area contributed by atoms with Gasteiger partial charge in [0.1, 0.15) is 0 Å². The van der Waals surface area contributed by atoms with E-state index in [1.54, 1.807) is 0 Å². The van der Waals surface area contributed by atoms with E-state index in [0.29, 0.717) is 0 Å². The number of anilines is 2. The Morgan fingerprint density at radius 3 is 2.94 bits per heavy atom. The number of likely N-dealkylation sites (tertiary alicyclic amines) is 1. The van der Waals surface area contributed by atoms with Crippen LogP contribution < -0.4 is 10.6 Å². The predicted molar refractivity (Wildman–Crippen MR) is 67.9 cm³/mol. The molecule has 1 aliphatic rings. The van der Waals surface area contributed by atoms with Gasteiger partial charge < -0.3 is 15.5 Å². The Balaban J connectivity index is 1.84. The zero-order chi connectivity index (χ0) is 11.4. The highest BCUT2D eigenvalue weighted by Crippen LogP contribution is 2.17. The van der Waals surface area contributed by atoms with Gasteiger partial charge in [-0.15, -0.1) is 0 Å². The summed E-state index contributed by atoms with van der Waals surface area (Å²) in [5.41, 5.74) is 2.15. The van der Waals surface area contributed by atoms with Crippen LogP contribution in [0.15, 0.2) is 18.5 Å². The molecule has 0 spiro atoms. The first kappa shape index (κ1) is 11.2. The van der Waals surface area contributed by atoms with Crippen LogP contribution in [0.5, 0.6) is 0 Å². The lowest BCUT2D eigenvalue weighted by atomic mass is 10.1. The molecular formula is C12H20N4. The Labute approximate surface area is 97.1 Å².